The minimum Gasteiger partial charge on any atom is -0.331 e. The van der Waals surface area contributed by atoms with E-state index in [0.29, 0.717) is 13.1 Å². The summed E-state index contributed by atoms with van der Waals surface area (Å²) in [5.74, 6) is 0. The van der Waals surface area contributed by atoms with Gasteiger partial charge in [0.2, 0.25) is 0 Å². The second-order valence-corrected chi connectivity index (χ2v) is 5.70. The molecular formula is C20H26N2O. The highest BCUT2D eigenvalue weighted by atomic mass is 16.2. The lowest BCUT2D eigenvalue weighted by Crippen LogP contribution is -2.41. The lowest BCUT2D eigenvalue weighted by molar-refractivity contribution is 0.193. The lowest BCUT2D eigenvalue weighted by Gasteiger charge is -2.26. The predicted octanol–water partition coefficient (Wildman–Crippen LogP) is 4.76. The molecule has 0 aliphatic heterocycles. The Morgan fingerprint density at radius 1 is 1.00 bits per heavy atom. The fourth-order valence-electron chi connectivity index (χ4n) is 2.67. The molecule has 1 N–H and O–H groups in total. The highest BCUT2D eigenvalue weighted by molar-refractivity contribution is 5.74. The van der Waals surface area contributed by atoms with Crippen molar-refractivity contribution in [3.8, 4) is 0 Å². The standard InChI is InChI=1S/C20H26N2O/c1-3-11-19(18-14-9-6-10-15-18)21-20(23)22(4-2)16-17-12-7-5-8-13-17/h5-10,12-15,19H,3-4,11,16H2,1-2H3,(H,21,23). The molecule has 1 atom stereocenters. The summed E-state index contributed by atoms with van der Waals surface area (Å²) in [5, 5.41) is 3.19. The molecule has 0 aliphatic rings. The number of benzene rings is 2. The molecule has 0 aliphatic carbocycles. The van der Waals surface area contributed by atoms with E-state index in [0.717, 1.165) is 18.4 Å². The van der Waals surface area contributed by atoms with E-state index in [1.54, 1.807) is 0 Å². The average molecular weight is 310 g/mol. The summed E-state index contributed by atoms with van der Waals surface area (Å²) in [6.07, 6.45) is 1.98. The zero-order valence-corrected chi connectivity index (χ0v) is 14.0. The summed E-state index contributed by atoms with van der Waals surface area (Å²) in [6, 6.07) is 20.4. The third kappa shape index (κ3) is 5.13. The van der Waals surface area contributed by atoms with Crippen molar-refractivity contribution in [3.63, 3.8) is 0 Å². The average Bonchev–Trinajstić information content (AvgIpc) is 2.61. The molecule has 0 aromatic heterocycles. The fraction of sp³-hybridized carbons (Fsp3) is 0.350. The molecule has 3 nitrogen and oxygen atoms in total. The van der Waals surface area contributed by atoms with E-state index in [9.17, 15) is 4.79 Å². The number of hydrogen-bond donors (Lipinski definition) is 1. The number of rotatable bonds is 7. The molecule has 2 amide bonds. The van der Waals surface area contributed by atoms with Crippen LogP contribution in [0, 0.1) is 0 Å². The fourth-order valence-corrected chi connectivity index (χ4v) is 2.67. The van der Waals surface area contributed by atoms with Crippen LogP contribution in [0.4, 0.5) is 4.79 Å². The first-order valence-electron chi connectivity index (χ1n) is 8.38. The summed E-state index contributed by atoms with van der Waals surface area (Å²) >= 11 is 0. The first-order valence-corrected chi connectivity index (χ1v) is 8.38. The van der Waals surface area contributed by atoms with Crippen molar-refractivity contribution >= 4 is 6.03 Å². The van der Waals surface area contributed by atoms with Gasteiger partial charge in [-0.3, -0.25) is 0 Å². The van der Waals surface area contributed by atoms with Gasteiger partial charge in [0.1, 0.15) is 0 Å². The molecule has 3 heteroatoms. The Kier molecular flexibility index (Phi) is 6.67. The van der Waals surface area contributed by atoms with Crippen LogP contribution in [-0.2, 0) is 6.54 Å². The van der Waals surface area contributed by atoms with E-state index >= 15 is 0 Å². The van der Waals surface area contributed by atoms with Gasteiger partial charge in [-0.15, -0.1) is 0 Å². The van der Waals surface area contributed by atoms with Gasteiger partial charge in [0.05, 0.1) is 6.04 Å². The van der Waals surface area contributed by atoms with Crippen molar-refractivity contribution in [2.45, 2.75) is 39.3 Å². The number of nitrogens with one attached hydrogen (secondary N) is 1. The largest absolute Gasteiger partial charge is 0.331 e. The van der Waals surface area contributed by atoms with Crippen LogP contribution in [0.2, 0.25) is 0 Å². The van der Waals surface area contributed by atoms with Crippen LogP contribution in [0.5, 0.6) is 0 Å². The van der Waals surface area contributed by atoms with Crippen LogP contribution in [0.15, 0.2) is 60.7 Å². The van der Waals surface area contributed by atoms with Crippen LogP contribution < -0.4 is 5.32 Å². The minimum absolute atomic E-state index is 0.00124. The molecule has 2 aromatic rings. The highest BCUT2D eigenvalue weighted by Gasteiger charge is 2.17. The molecular weight excluding hydrogens is 284 g/mol. The number of carbonyl (C=O) groups is 1. The minimum atomic E-state index is -0.00124. The van der Waals surface area contributed by atoms with Gasteiger partial charge in [0, 0.05) is 13.1 Å². The van der Waals surface area contributed by atoms with Crippen molar-refractivity contribution in [1.29, 1.82) is 0 Å². The van der Waals surface area contributed by atoms with E-state index in [1.165, 1.54) is 5.56 Å². The third-order valence-electron chi connectivity index (χ3n) is 3.96. The molecule has 0 bridgehead atoms. The van der Waals surface area contributed by atoms with Crippen LogP contribution >= 0.6 is 0 Å². The molecule has 122 valence electrons. The predicted molar refractivity (Wildman–Crippen MR) is 95.1 cm³/mol. The summed E-state index contributed by atoms with van der Waals surface area (Å²) in [7, 11) is 0. The summed E-state index contributed by atoms with van der Waals surface area (Å²) in [5.41, 5.74) is 2.31. The van der Waals surface area contributed by atoms with E-state index in [1.807, 2.05) is 48.2 Å². The van der Waals surface area contributed by atoms with Crippen molar-refractivity contribution in [1.82, 2.24) is 10.2 Å². The van der Waals surface area contributed by atoms with Gasteiger partial charge < -0.3 is 10.2 Å². The van der Waals surface area contributed by atoms with Gasteiger partial charge in [-0.25, -0.2) is 4.79 Å². The SMILES string of the molecule is CCCC(NC(=O)N(CC)Cc1ccccc1)c1ccccc1. The number of nitrogens with zero attached hydrogens (tertiary/aromatic N) is 1. The lowest BCUT2D eigenvalue weighted by atomic mass is 10.0. The van der Waals surface area contributed by atoms with E-state index in [2.05, 4.69) is 36.5 Å². The molecule has 0 saturated heterocycles. The molecule has 0 spiro atoms. The van der Waals surface area contributed by atoms with Crippen molar-refractivity contribution in [2.75, 3.05) is 6.54 Å². The Balaban J connectivity index is 2.04. The molecule has 2 rings (SSSR count). The van der Waals surface area contributed by atoms with Gasteiger partial charge >= 0.3 is 6.03 Å². The van der Waals surface area contributed by atoms with E-state index in [4.69, 9.17) is 0 Å². The quantitative estimate of drug-likeness (QED) is 0.785. The van der Waals surface area contributed by atoms with Crippen LogP contribution in [-0.4, -0.2) is 17.5 Å². The summed E-state index contributed by atoms with van der Waals surface area (Å²) in [4.78, 5) is 14.5. The first-order chi connectivity index (χ1) is 11.2. The van der Waals surface area contributed by atoms with Crippen LogP contribution in [0.1, 0.15) is 43.9 Å². The zero-order valence-electron chi connectivity index (χ0n) is 14.0. The monoisotopic (exact) mass is 310 g/mol. The van der Waals surface area contributed by atoms with Crippen molar-refractivity contribution in [3.05, 3.63) is 71.8 Å². The second kappa shape index (κ2) is 8.99. The third-order valence-corrected chi connectivity index (χ3v) is 3.96. The Hall–Kier alpha value is -2.29. The molecule has 23 heavy (non-hydrogen) atoms. The smallest absolute Gasteiger partial charge is 0.318 e. The Morgan fingerprint density at radius 2 is 1.61 bits per heavy atom. The number of amides is 2. The Labute approximate surface area is 139 Å². The number of carbonyl (C=O) groups excluding carboxylic acids is 1. The van der Waals surface area contributed by atoms with E-state index in [-0.39, 0.29) is 12.1 Å². The van der Waals surface area contributed by atoms with E-state index < -0.39 is 0 Å². The zero-order chi connectivity index (χ0) is 16.5. The molecule has 0 radical (unpaired) electrons. The molecule has 2 aromatic carbocycles. The maximum atomic E-state index is 12.7. The van der Waals surface area contributed by atoms with Crippen LogP contribution in [0.25, 0.3) is 0 Å². The van der Waals surface area contributed by atoms with Gasteiger partial charge in [-0.1, -0.05) is 74.0 Å². The Morgan fingerprint density at radius 3 is 2.17 bits per heavy atom. The molecule has 0 saturated carbocycles. The normalized spacial score (nSPS) is 11.7. The first kappa shape index (κ1) is 17.1. The number of hydrogen-bond acceptors (Lipinski definition) is 1. The number of urea groups is 1. The van der Waals surface area contributed by atoms with Gasteiger partial charge in [-0.05, 0) is 24.5 Å². The van der Waals surface area contributed by atoms with Gasteiger partial charge in [-0.2, -0.15) is 0 Å². The molecule has 1 unspecified atom stereocenters. The maximum absolute atomic E-state index is 12.7. The van der Waals surface area contributed by atoms with Gasteiger partial charge in [0.15, 0.2) is 0 Å². The highest BCUT2D eigenvalue weighted by Crippen LogP contribution is 2.18. The molecule has 0 fully saturated rings. The molecule has 0 heterocycles. The second-order valence-electron chi connectivity index (χ2n) is 5.70. The van der Waals surface area contributed by atoms with Gasteiger partial charge in [0.25, 0.3) is 0 Å². The maximum Gasteiger partial charge on any atom is 0.318 e. The Bertz CT molecular complexity index is 583. The van der Waals surface area contributed by atoms with Crippen molar-refractivity contribution in [2.24, 2.45) is 0 Å². The van der Waals surface area contributed by atoms with Crippen LogP contribution in [0.3, 0.4) is 0 Å². The topological polar surface area (TPSA) is 32.3 Å². The van der Waals surface area contributed by atoms with Crippen molar-refractivity contribution < 1.29 is 4.79 Å². The summed E-state index contributed by atoms with van der Waals surface area (Å²) < 4.78 is 0. The summed E-state index contributed by atoms with van der Waals surface area (Å²) in [6.45, 7) is 5.48.